The van der Waals surface area contributed by atoms with Gasteiger partial charge in [-0.3, -0.25) is 4.79 Å². The fourth-order valence-corrected chi connectivity index (χ4v) is 3.41. The lowest BCUT2D eigenvalue weighted by Gasteiger charge is -2.26. The van der Waals surface area contributed by atoms with Crippen molar-refractivity contribution in [2.45, 2.75) is 39.6 Å². The molecule has 0 saturated carbocycles. The Labute approximate surface area is 193 Å². The fourth-order valence-electron chi connectivity index (χ4n) is 3.29. The Hall–Kier alpha value is -2.77. The van der Waals surface area contributed by atoms with Gasteiger partial charge in [-0.15, -0.1) is 0 Å². The molecule has 1 aliphatic rings. The summed E-state index contributed by atoms with van der Waals surface area (Å²) >= 11 is 5.94. The average Bonchev–Trinajstić information content (AvgIpc) is 2.78. The van der Waals surface area contributed by atoms with E-state index in [2.05, 4.69) is 5.32 Å². The highest BCUT2D eigenvalue weighted by Gasteiger charge is 2.19. The third-order valence-corrected chi connectivity index (χ3v) is 5.13. The molecule has 8 heteroatoms. The van der Waals surface area contributed by atoms with Crippen molar-refractivity contribution in [3.05, 3.63) is 64.2 Å². The van der Waals surface area contributed by atoms with Crippen LogP contribution < -0.4 is 10.1 Å². The van der Waals surface area contributed by atoms with Crippen molar-refractivity contribution in [2.24, 2.45) is 0 Å². The van der Waals surface area contributed by atoms with Crippen molar-refractivity contribution >= 4 is 23.7 Å². The molecule has 1 fully saturated rings. The lowest BCUT2D eigenvalue weighted by atomic mass is 10.1. The van der Waals surface area contributed by atoms with E-state index in [1.807, 2.05) is 38.1 Å². The first kappa shape index (κ1) is 23.9. The second-order valence-electron chi connectivity index (χ2n) is 7.86. The van der Waals surface area contributed by atoms with Gasteiger partial charge in [-0.2, -0.15) is 0 Å². The number of hydrogen-bond donors (Lipinski definition) is 1. The van der Waals surface area contributed by atoms with Crippen molar-refractivity contribution in [1.29, 1.82) is 0 Å². The summed E-state index contributed by atoms with van der Waals surface area (Å²) in [6.45, 7) is 6.73. The van der Waals surface area contributed by atoms with Gasteiger partial charge in [0.25, 0.3) is 0 Å². The Bertz CT molecular complexity index is 911. The van der Waals surface area contributed by atoms with Crippen LogP contribution in [0.4, 0.5) is 4.79 Å². The van der Waals surface area contributed by atoms with Gasteiger partial charge in [-0.25, -0.2) is 4.79 Å². The Balaban J connectivity index is 1.70. The van der Waals surface area contributed by atoms with E-state index in [0.29, 0.717) is 36.0 Å². The molecule has 0 unspecified atom stereocenters. The molecular weight excluding hydrogens is 432 g/mol. The first-order valence-corrected chi connectivity index (χ1v) is 11.1. The van der Waals surface area contributed by atoms with Gasteiger partial charge in [0.2, 0.25) is 0 Å². The maximum Gasteiger partial charge on any atom is 0.410 e. The molecule has 0 bridgehead atoms. The summed E-state index contributed by atoms with van der Waals surface area (Å²) in [5.41, 5.74) is 2.42. The lowest BCUT2D eigenvalue weighted by Crippen LogP contribution is -2.46. The van der Waals surface area contributed by atoms with Crippen LogP contribution >= 0.6 is 11.6 Å². The molecule has 1 N–H and O–H groups in total. The number of ether oxygens (including phenoxy) is 3. The van der Waals surface area contributed by atoms with Gasteiger partial charge in [0.15, 0.2) is 0 Å². The number of halogens is 1. The first-order valence-electron chi connectivity index (χ1n) is 10.7. The van der Waals surface area contributed by atoms with Crippen molar-refractivity contribution in [2.75, 3.05) is 26.2 Å². The van der Waals surface area contributed by atoms with Crippen LogP contribution in [0.3, 0.4) is 0 Å². The van der Waals surface area contributed by atoms with Crippen LogP contribution in [-0.4, -0.2) is 49.2 Å². The molecule has 172 valence electrons. The third kappa shape index (κ3) is 7.43. The van der Waals surface area contributed by atoms with Crippen LogP contribution in [0.1, 0.15) is 30.5 Å². The first-order chi connectivity index (χ1) is 15.4. The maximum absolute atomic E-state index is 12.4. The molecule has 1 aliphatic heterocycles. The summed E-state index contributed by atoms with van der Waals surface area (Å²) in [6, 6.07) is 12.8. The number of rotatable bonds is 8. The van der Waals surface area contributed by atoms with Crippen LogP contribution in [0.15, 0.2) is 42.5 Å². The Kier molecular flexibility index (Phi) is 8.76. The number of piperazine rings is 1. The summed E-state index contributed by atoms with van der Waals surface area (Å²) in [4.78, 5) is 26.2. The second-order valence-corrected chi connectivity index (χ2v) is 8.30. The quantitative estimate of drug-likeness (QED) is 0.601. The van der Waals surface area contributed by atoms with Gasteiger partial charge in [0, 0.05) is 36.8 Å². The summed E-state index contributed by atoms with van der Waals surface area (Å²) in [5, 5.41) is 3.86. The molecule has 0 aliphatic carbocycles. The monoisotopic (exact) mass is 460 g/mol. The number of benzene rings is 2. The van der Waals surface area contributed by atoms with Crippen LogP contribution in [0, 0.1) is 0 Å². The van der Waals surface area contributed by atoms with Gasteiger partial charge in [-0.1, -0.05) is 29.8 Å². The summed E-state index contributed by atoms with van der Waals surface area (Å²) in [7, 11) is 0. The van der Waals surface area contributed by atoms with Crippen LogP contribution in [0.5, 0.6) is 5.75 Å². The van der Waals surface area contributed by atoms with E-state index in [4.69, 9.17) is 25.8 Å². The van der Waals surface area contributed by atoms with Crippen molar-refractivity contribution in [3.8, 4) is 5.75 Å². The summed E-state index contributed by atoms with van der Waals surface area (Å²) < 4.78 is 16.8. The molecule has 3 rings (SSSR count). The molecule has 1 saturated heterocycles. The zero-order valence-corrected chi connectivity index (χ0v) is 19.2. The molecule has 0 spiro atoms. The number of nitrogens with one attached hydrogen (secondary N) is 1. The molecule has 32 heavy (non-hydrogen) atoms. The smallest absolute Gasteiger partial charge is 0.410 e. The molecule has 7 nitrogen and oxygen atoms in total. The minimum absolute atomic E-state index is 0.0474. The SMILES string of the molecule is CC(C)OC(=O)Cc1ccc(OCc2ccc(Cl)cc2)c(COC(=O)N2CCNCC2)c1. The van der Waals surface area contributed by atoms with Crippen LogP contribution in [0.25, 0.3) is 0 Å². The Morgan fingerprint density at radius 1 is 1.03 bits per heavy atom. The zero-order valence-electron chi connectivity index (χ0n) is 18.4. The Morgan fingerprint density at radius 3 is 2.41 bits per heavy atom. The van der Waals surface area contributed by atoms with E-state index < -0.39 is 0 Å². The fraction of sp³-hybridized carbons (Fsp3) is 0.417. The zero-order chi connectivity index (χ0) is 22.9. The van der Waals surface area contributed by atoms with Gasteiger partial charge < -0.3 is 24.4 Å². The van der Waals surface area contributed by atoms with E-state index in [-0.39, 0.29) is 31.2 Å². The minimum atomic E-state index is -0.361. The molecule has 2 aromatic rings. The molecule has 0 radical (unpaired) electrons. The molecule has 1 amide bonds. The van der Waals surface area contributed by atoms with Gasteiger partial charge in [-0.05, 0) is 49.2 Å². The summed E-state index contributed by atoms with van der Waals surface area (Å²) in [6.07, 6.45) is -0.405. The minimum Gasteiger partial charge on any atom is -0.488 e. The molecule has 0 atom stereocenters. The molecule has 2 aromatic carbocycles. The van der Waals surface area contributed by atoms with E-state index in [1.54, 1.807) is 23.1 Å². The topological polar surface area (TPSA) is 77.1 Å². The summed E-state index contributed by atoms with van der Waals surface area (Å²) in [5.74, 6) is 0.285. The molecule has 1 heterocycles. The van der Waals surface area contributed by atoms with E-state index in [0.717, 1.165) is 24.2 Å². The molecule has 0 aromatic heterocycles. The maximum atomic E-state index is 12.4. The second kappa shape index (κ2) is 11.7. The van der Waals surface area contributed by atoms with Crippen LogP contribution in [-0.2, 0) is 33.9 Å². The number of carbonyl (C=O) groups excluding carboxylic acids is 2. The predicted octanol–water partition coefficient (Wildman–Crippen LogP) is 3.95. The third-order valence-electron chi connectivity index (χ3n) is 4.87. The van der Waals surface area contributed by atoms with Gasteiger partial charge in [0.1, 0.15) is 19.0 Å². The van der Waals surface area contributed by atoms with E-state index in [1.165, 1.54) is 0 Å². The largest absolute Gasteiger partial charge is 0.488 e. The van der Waals surface area contributed by atoms with Crippen molar-refractivity contribution in [1.82, 2.24) is 10.2 Å². The van der Waals surface area contributed by atoms with Crippen molar-refractivity contribution < 1.29 is 23.8 Å². The number of nitrogens with zero attached hydrogens (tertiary/aromatic N) is 1. The number of amides is 1. The predicted molar refractivity (Wildman–Crippen MR) is 122 cm³/mol. The average molecular weight is 461 g/mol. The normalized spacial score (nSPS) is 13.7. The van der Waals surface area contributed by atoms with E-state index >= 15 is 0 Å². The van der Waals surface area contributed by atoms with Gasteiger partial charge in [0.05, 0.1) is 12.5 Å². The highest BCUT2D eigenvalue weighted by atomic mass is 35.5. The lowest BCUT2D eigenvalue weighted by molar-refractivity contribution is -0.146. The highest BCUT2D eigenvalue weighted by molar-refractivity contribution is 6.30. The van der Waals surface area contributed by atoms with Gasteiger partial charge >= 0.3 is 12.1 Å². The van der Waals surface area contributed by atoms with E-state index in [9.17, 15) is 9.59 Å². The van der Waals surface area contributed by atoms with Crippen molar-refractivity contribution in [3.63, 3.8) is 0 Å². The molecular formula is C24H29ClN2O5. The number of carbonyl (C=O) groups is 2. The standard InChI is InChI=1S/C24H29ClN2O5/c1-17(2)32-23(28)14-19-5-8-22(30-15-18-3-6-21(25)7-4-18)20(13-19)16-31-24(29)27-11-9-26-10-12-27/h3-8,13,17,26H,9-12,14-16H2,1-2H3. The van der Waals surface area contributed by atoms with Crippen LogP contribution in [0.2, 0.25) is 5.02 Å². The Morgan fingerprint density at radius 2 is 1.72 bits per heavy atom. The highest BCUT2D eigenvalue weighted by Crippen LogP contribution is 2.24. The number of esters is 1. The number of hydrogen-bond acceptors (Lipinski definition) is 6.